The van der Waals surface area contributed by atoms with Crippen LogP contribution in [0.3, 0.4) is 0 Å². The maximum absolute atomic E-state index is 2.41. The van der Waals surface area contributed by atoms with Gasteiger partial charge in [-0.15, -0.1) is 0 Å². The van der Waals surface area contributed by atoms with Crippen molar-refractivity contribution in [3.63, 3.8) is 0 Å². The highest BCUT2D eigenvalue weighted by molar-refractivity contribution is 14.1. The molecule has 1 nitrogen and oxygen atoms in total. The highest BCUT2D eigenvalue weighted by Gasteiger charge is 2.10. The molecule has 1 aromatic heterocycles. The van der Waals surface area contributed by atoms with Crippen LogP contribution in [0.2, 0.25) is 0 Å². The van der Waals surface area contributed by atoms with E-state index in [1.54, 1.807) is 0 Å². The minimum atomic E-state index is 1.17. The van der Waals surface area contributed by atoms with Crippen molar-refractivity contribution < 1.29 is 0 Å². The first kappa shape index (κ1) is 13.9. The van der Waals surface area contributed by atoms with Gasteiger partial charge in [-0.3, -0.25) is 2.78 Å². The molecule has 0 aliphatic heterocycles. The van der Waals surface area contributed by atoms with E-state index in [1.165, 1.54) is 58.6 Å². The molecule has 3 aromatic rings. The Hall–Kier alpha value is -1.03. The van der Waals surface area contributed by atoms with Crippen molar-refractivity contribution in [2.75, 3.05) is 0 Å². The quantitative estimate of drug-likeness (QED) is 0.499. The molecule has 0 spiro atoms. The van der Waals surface area contributed by atoms with Crippen LogP contribution in [0, 0.1) is 0 Å². The second-order valence-electron chi connectivity index (χ2n) is 5.48. The molecule has 0 fully saturated rings. The van der Waals surface area contributed by atoms with Crippen molar-refractivity contribution in [3.8, 4) is 0 Å². The van der Waals surface area contributed by atoms with Crippen LogP contribution in [-0.2, 0) is 12.8 Å². The second kappa shape index (κ2) is 5.76. The number of hydrogen-bond acceptors (Lipinski definition) is 0. The lowest BCUT2D eigenvalue weighted by molar-refractivity contribution is 0.923. The predicted octanol–water partition coefficient (Wildman–Crippen LogP) is 5.90. The molecule has 0 radical (unpaired) electrons. The Bertz CT molecular complexity index is 692. The fourth-order valence-corrected chi connectivity index (χ4v) is 3.80. The number of halogens is 1. The molecule has 1 heterocycles. The van der Waals surface area contributed by atoms with Gasteiger partial charge in [-0.2, -0.15) is 0 Å². The van der Waals surface area contributed by atoms with E-state index in [0.29, 0.717) is 0 Å². The van der Waals surface area contributed by atoms with E-state index in [9.17, 15) is 0 Å². The van der Waals surface area contributed by atoms with Crippen molar-refractivity contribution >= 4 is 44.7 Å². The molecule has 0 atom stereocenters. The summed E-state index contributed by atoms with van der Waals surface area (Å²) in [5.41, 5.74) is 5.55. The van der Waals surface area contributed by atoms with Gasteiger partial charge in [0.2, 0.25) is 0 Å². The molecule has 0 saturated carbocycles. The standard InChI is InChI=1S/C18H20IN/c1-3-5-13-7-9-17-15(11-13)16-12-14(6-4-2)8-10-18(16)20(17)19/h7-12H,3-6H2,1-2H3. The van der Waals surface area contributed by atoms with Crippen LogP contribution < -0.4 is 0 Å². The van der Waals surface area contributed by atoms with E-state index in [4.69, 9.17) is 0 Å². The average Bonchev–Trinajstić information content (AvgIpc) is 2.73. The van der Waals surface area contributed by atoms with E-state index < -0.39 is 0 Å². The predicted molar refractivity (Wildman–Crippen MR) is 96.9 cm³/mol. The van der Waals surface area contributed by atoms with Gasteiger partial charge < -0.3 is 0 Å². The van der Waals surface area contributed by atoms with Gasteiger partial charge in [0.05, 0.1) is 33.9 Å². The van der Waals surface area contributed by atoms with Gasteiger partial charge >= 0.3 is 0 Å². The van der Waals surface area contributed by atoms with Gasteiger partial charge in [0.15, 0.2) is 0 Å². The normalized spacial score (nSPS) is 11.6. The third kappa shape index (κ3) is 2.34. The summed E-state index contributed by atoms with van der Waals surface area (Å²) >= 11 is 2.41. The molecular weight excluding hydrogens is 357 g/mol. The van der Waals surface area contributed by atoms with Crippen LogP contribution in [0.4, 0.5) is 0 Å². The summed E-state index contributed by atoms with van der Waals surface area (Å²) in [5, 5.41) is 2.80. The Kier molecular flexibility index (Phi) is 4.01. The van der Waals surface area contributed by atoms with E-state index in [2.05, 4.69) is 75.9 Å². The van der Waals surface area contributed by atoms with Gasteiger partial charge in [0.1, 0.15) is 0 Å². The first-order valence-electron chi connectivity index (χ1n) is 7.46. The summed E-state index contributed by atoms with van der Waals surface area (Å²) in [6, 6.07) is 13.8. The second-order valence-corrected chi connectivity index (χ2v) is 6.45. The van der Waals surface area contributed by atoms with Crippen molar-refractivity contribution in [2.24, 2.45) is 0 Å². The van der Waals surface area contributed by atoms with Crippen molar-refractivity contribution in [2.45, 2.75) is 39.5 Å². The van der Waals surface area contributed by atoms with Crippen molar-refractivity contribution in [1.29, 1.82) is 0 Å². The zero-order valence-electron chi connectivity index (χ0n) is 12.1. The lowest BCUT2D eigenvalue weighted by atomic mass is 10.0. The van der Waals surface area contributed by atoms with E-state index in [1.807, 2.05) is 0 Å². The molecule has 104 valence electrons. The molecular formula is C18H20IN. The molecule has 3 rings (SSSR count). The van der Waals surface area contributed by atoms with Crippen molar-refractivity contribution in [1.82, 2.24) is 2.78 Å². The Balaban J connectivity index is 2.27. The van der Waals surface area contributed by atoms with E-state index in [0.717, 1.165) is 0 Å². The number of benzene rings is 2. The first-order chi connectivity index (χ1) is 9.74. The maximum atomic E-state index is 2.41. The van der Waals surface area contributed by atoms with Crippen LogP contribution in [0.1, 0.15) is 37.8 Å². The largest absolute Gasteiger partial charge is 0.282 e. The lowest BCUT2D eigenvalue weighted by Crippen LogP contribution is -1.83. The topological polar surface area (TPSA) is 4.93 Å². The molecule has 0 aliphatic rings. The summed E-state index contributed by atoms with van der Waals surface area (Å²) < 4.78 is 2.29. The molecule has 2 aromatic carbocycles. The zero-order chi connectivity index (χ0) is 14.1. The molecule has 0 saturated heterocycles. The third-order valence-corrected chi connectivity index (χ3v) is 4.95. The van der Waals surface area contributed by atoms with Gasteiger partial charge in [-0.25, -0.2) is 0 Å². The number of aryl methyl sites for hydroxylation is 2. The molecule has 0 bridgehead atoms. The molecule has 20 heavy (non-hydrogen) atoms. The van der Waals surface area contributed by atoms with Crippen LogP contribution in [0.15, 0.2) is 36.4 Å². The fourth-order valence-electron chi connectivity index (χ4n) is 2.96. The number of nitrogens with zero attached hydrogens (tertiary/aromatic N) is 1. The molecule has 0 unspecified atom stereocenters. The van der Waals surface area contributed by atoms with E-state index >= 15 is 0 Å². The summed E-state index contributed by atoms with van der Waals surface area (Å²) in [7, 11) is 0. The van der Waals surface area contributed by atoms with E-state index in [-0.39, 0.29) is 0 Å². The maximum Gasteiger partial charge on any atom is 0.0646 e. The van der Waals surface area contributed by atoms with Crippen molar-refractivity contribution in [3.05, 3.63) is 47.5 Å². The SMILES string of the molecule is CCCc1ccc2c(c1)c1cc(CCC)ccc1n2I. The number of aromatic nitrogens is 1. The highest BCUT2D eigenvalue weighted by atomic mass is 127. The Morgan fingerprint density at radius 1 is 0.800 bits per heavy atom. The average molecular weight is 377 g/mol. The Labute approximate surface area is 134 Å². The van der Waals surface area contributed by atoms with Gasteiger partial charge in [0.25, 0.3) is 0 Å². The third-order valence-electron chi connectivity index (χ3n) is 3.91. The molecule has 0 amide bonds. The molecule has 2 heteroatoms. The molecule has 0 N–H and O–H groups in total. The summed E-state index contributed by atoms with van der Waals surface area (Å²) in [5.74, 6) is 0. The van der Waals surface area contributed by atoms with Crippen LogP contribution in [0.25, 0.3) is 21.8 Å². The Morgan fingerprint density at radius 2 is 1.25 bits per heavy atom. The summed E-state index contributed by atoms with van der Waals surface area (Å²) in [6.07, 6.45) is 4.74. The lowest BCUT2D eigenvalue weighted by Gasteiger charge is -2.00. The summed E-state index contributed by atoms with van der Waals surface area (Å²) in [6.45, 7) is 4.48. The highest BCUT2D eigenvalue weighted by Crippen LogP contribution is 2.32. The number of hydrogen-bond donors (Lipinski definition) is 0. The number of fused-ring (bicyclic) bond motifs is 3. The van der Waals surface area contributed by atoms with Gasteiger partial charge in [-0.05, 0) is 48.2 Å². The minimum absolute atomic E-state index is 1.17. The minimum Gasteiger partial charge on any atom is -0.282 e. The van der Waals surface area contributed by atoms with Gasteiger partial charge in [-0.1, -0.05) is 38.8 Å². The molecule has 0 aliphatic carbocycles. The van der Waals surface area contributed by atoms with Gasteiger partial charge in [0, 0.05) is 10.8 Å². The van der Waals surface area contributed by atoms with Crippen LogP contribution in [0.5, 0.6) is 0 Å². The van der Waals surface area contributed by atoms with Crippen LogP contribution >= 0.6 is 22.9 Å². The monoisotopic (exact) mass is 377 g/mol. The first-order valence-corrected chi connectivity index (χ1v) is 8.43. The Morgan fingerprint density at radius 3 is 1.65 bits per heavy atom. The zero-order valence-corrected chi connectivity index (χ0v) is 14.3. The van der Waals surface area contributed by atoms with Crippen LogP contribution in [-0.4, -0.2) is 2.78 Å². The smallest absolute Gasteiger partial charge is 0.0646 e. The number of rotatable bonds is 4. The summed E-state index contributed by atoms with van der Waals surface area (Å²) in [4.78, 5) is 0. The fraction of sp³-hybridized carbons (Fsp3) is 0.333.